The molecule has 1 aromatic heterocycles. The van der Waals surface area contributed by atoms with Crippen LogP contribution in [0.2, 0.25) is 5.02 Å². The standard InChI is InChI=1S/C18H16BrClN2O/c1-11-15(20)4-3-5-16(11)21-18(23)12(2)22-9-8-13-10-14(19)6-7-17(13)22/h3-10,12H,1-2H3,(H,21,23). The summed E-state index contributed by atoms with van der Waals surface area (Å²) in [6.45, 7) is 3.78. The Hall–Kier alpha value is -1.78. The van der Waals surface area contributed by atoms with Crippen LogP contribution in [0.25, 0.3) is 10.9 Å². The van der Waals surface area contributed by atoms with Crippen LogP contribution in [0.15, 0.2) is 53.1 Å². The minimum Gasteiger partial charge on any atom is -0.335 e. The summed E-state index contributed by atoms with van der Waals surface area (Å²) in [7, 11) is 0. The van der Waals surface area contributed by atoms with Gasteiger partial charge in [-0.2, -0.15) is 0 Å². The summed E-state index contributed by atoms with van der Waals surface area (Å²) in [5.41, 5.74) is 2.64. The van der Waals surface area contributed by atoms with Crippen LogP contribution in [-0.2, 0) is 4.79 Å². The van der Waals surface area contributed by atoms with E-state index in [1.807, 2.05) is 67.1 Å². The number of anilines is 1. The summed E-state index contributed by atoms with van der Waals surface area (Å²) in [5, 5.41) is 4.70. The van der Waals surface area contributed by atoms with Crippen molar-refractivity contribution in [3.05, 3.63) is 63.7 Å². The van der Waals surface area contributed by atoms with E-state index in [-0.39, 0.29) is 11.9 Å². The molecule has 0 saturated heterocycles. The second-order valence-corrected chi connectivity index (χ2v) is 6.83. The van der Waals surface area contributed by atoms with Crippen molar-refractivity contribution in [2.75, 3.05) is 5.32 Å². The highest BCUT2D eigenvalue weighted by Gasteiger charge is 2.17. The molecule has 0 saturated carbocycles. The number of aromatic nitrogens is 1. The molecule has 0 bridgehead atoms. The Kier molecular flexibility index (Phi) is 4.46. The maximum atomic E-state index is 12.6. The van der Waals surface area contributed by atoms with E-state index >= 15 is 0 Å². The van der Waals surface area contributed by atoms with Crippen molar-refractivity contribution in [1.82, 2.24) is 4.57 Å². The lowest BCUT2D eigenvalue weighted by molar-refractivity contribution is -0.118. The maximum Gasteiger partial charge on any atom is 0.247 e. The predicted molar refractivity (Wildman–Crippen MR) is 99.2 cm³/mol. The van der Waals surface area contributed by atoms with Gasteiger partial charge in [-0.3, -0.25) is 4.79 Å². The topological polar surface area (TPSA) is 34.0 Å². The molecule has 3 rings (SSSR count). The summed E-state index contributed by atoms with van der Waals surface area (Å²) < 4.78 is 2.99. The number of carbonyl (C=O) groups excluding carboxylic acids is 1. The summed E-state index contributed by atoms with van der Waals surface area (Å²) in [6.07, 6.45) is 1.94. The van der Waals surface area contributed by atoms with Gasteiger partial charge in [-0.25, -0.2) is 0 Å². The Bertz CT molecular complexity index is 888. The molecule has 1 unspecified atom stereocenters. The van der Waals surface area contributed by atoms with Crippen LogP contribution in [0.4, 0.5) is 5.69 Å². The van der Waals surface area contributed by atoms with Crippen LogP contribution in [0, 0.1) is 6.92 Å². The molecular weight excluding hydrogens is 376 g/mol. The van der Waals surface area contributed by atoms with Crippen molar-refractivity contribution in [3.63, 3.8) is 0 Å². The zero-order chi connectivity index (χ0) is 16.6. The van der Waals surface area contributed by atoms with Gasteiger partial charge in [0, 0.05) is 32.3 Å². The molecule has 0 aliphatic carbocycles. The fourth-order valence-corrected chi connectivity index (χ4v) is 3.13. The van der Waals surface area contributed by atoms with Crippen molar-refractivity contribution < 1.29 is 4.79 Å². The summed E-state index contributed by atoms with van der Waals surface area (Å²) in [5.74, 6) is -0.0733. The van der Waals surface area contributed by atoms with Crippen molar-refractivity contribution in [3.8, 4) is 0 Å². The van der Waals surface area contributed by atoms with Gasteiger partial charge in [0.2, 0.25) is 5.91 Å². The van der Waals surface area contributed by atoms with E-state index in [9.17, 15) is 4.79 Å². The van der Waals surface area contributed by atoms with Crippen molar-refractivity contribution in [2.24, 2.45) is 0 Å². The zero-order valence-corrected chi connectivity index (χ0v) is 15.1. The zero-order valence-electron chi connectivity index (χ0n) is 12.8. The number of halogens is 2. The van der Waals surface area contributed by atoms with Crippen LogP contribution >= 0.6 is 27.5 Å². The van der Waals surface area contributed by atoms with Gasteiger partial charge in [-0.1, -0.05) is 33.6 Å². The molecule has 23 heavy (non-hydrogen) atoms. The van der Waals surface area contributed by atoms with E-state index in [0.717, 1.165) is 26.6 Å². The molecule has 0 radical (unpaired) electrons. The number of nitrogens with one attached hydrogen (secondary N) is 1. The van der Waals surface area contributed by atoms with Crippen molar-refractivity contribution in [1.29, 1.82) is 0 Å². The molecule has 5 heteroatoms. The molecule has 0 fully saturated rings. The number of nitrogens with zero attached hydrogens (tertiary/aromatic N) is 1. The summed E-state index contributed by atoms with van der Waals surface area (Å²) in [4.78, 5) is 12.6. The van der Waals surface area contributed by atoms with E-state index in [0.29, 0.717) is 5.02 Å². The fraction of sp³-hybridized carbons (Fsp3) is 0.167. The average molecular weight is 392 g/mol. The second-order valence-electron chi connectivity index (χ2n) is 5.50. The molecule has 0 aliphatic rings. The van der Waals surface area contributed by atoms with E-state index in [2.05, 4.69) is 21.2 Å². The first-order valence-corrected chi connectivity index (χ1v) is 8.46. The molecule has 0 aliphatic heterocycles. The van der Waals surface area contributed by atoms with Crippen LogP contribution in [0.3, 0.4) is 0 Å². The smallest absolute Gasteiger partial charge is 0.247 e. The number of hydrogen-bond acceptors (Lipinski definition) is 1. The number of carbonyl (C=O) groups is 1. The van der Waals surface area contributed by atoms with E-state index in [1.165, 1.54) is 0 Å². The minimum atomic E-state index is -0.327. The monoisotopic (exact) mass is 390 g/mol. The molecule has 1 N–H and O–H groups in total. The Balaban J connectivity index is 1.88. The highest BCUT2D eigenvalue weighted by atomic mass is 79.9. The normalized spacial score (nSPS) is 12.3. The third-order valence-corrected chi connectivity index (χ3v) is 4.91. The molecule has 3 nitrogen and oxygen atoms in total. The first-order chi connectivity index (χ1) is 11.0. The van der Waals surface area contributed by atoms with Gasteiger partial charge < -0.3 is 9.88 Å². The summed E-state index contributed by atoms with van der Waals surface area (Å²) >= 11 is 9.57. The molecule has 1 heterocycles. The molecule has 118 valence electrons. The molecule has 2 aromatic carbocycles. The first kappa shape index (κ1) is 16.1. The van der Waals surface area contributed by atoms with Crippen molar-refractivity contribution >= 4 is 50.0 Å². The highest BCUT2D eigenvalue weighted by Crippen LogP contribution is 2.26. The van der Waals surface area contributed by atoms with Gasteiger partial charge in [0.1, 0.15) is 6.04 Å². The molecule has 3 aromatic rings. The number of rotatable bonds is 3. The third-order valence-electron chi connectivity index (χ3n) is 4.00. The van der Waals surface area contributed by atoms with E-state index < -0.39 is 0 Å². The number of hydrogen-bond donors (Lipinski definition) is 1. The number of fused-ring (bicyclic) bond motifs is 1. The minimum absolute atomic E-state index is 0.0733. The fourth-order valence-electron chi connectivity index (χ4n) is 2.58. The van der Waals surface area contributed by atoms with Gasteiger partial charge in [-0.05, 0) is 55.8 Å². The molecule has 0 spiro atoms. The second kappa shape index (κ2) is 6.38. The largest absolute Gasteiger partial charge is 0.335 e. The average Bonchev–Trinajstić information content (AvgIpc) is 2.93. The van der Waals surface area contributed by atoms with Crippen LogP contribution < -0.4 is 5.32 Å². The lowest BCUT2D eigenvalue weighted by Gasteiger charge is -2.17. The van der Waals surface area contributed by atoms with Gasteiger partial charge in [0.15, 0.2) is 0 Å². The Morgan fingerprint density at radius 2 is 2.04 bits per heavy atom. The lowest BCUT2D eigenvalue weighted by Crippen LogP contribution is -2.23. The quantitative estimate of drug-likeness (QED) is 0.622. The van der Waals surface area contributed by atoms with E-state index in [4.69, 9.17) is 11.6 Å². The predicted octanol–water partition coefficient (Wildman–Crippen LogP) is 5.57. The highest BCUT2D eigenvalue weighted by molar-refractivity contribution is 9.10. The van der Waals surface area contributed by atoms with Gasteiger partial charge in [0.25, 0.3) is 0 Å². The van der Waals surface area contributed by atoms with Gasteiger partial charge in [-0.15, -0.1) is 0 Å². The Labute approximate surface area is 148 Å². The van der Waals surface area contributed by atoms with Gasteiger partial charge in [0.05, 0.1) is 0 Å². The van der Waals surface area contributed by atoms with Gasteiger partial charge >= 0.3 is 0 Å². The van der Waals surface area contributed by atoms with Crippen LogP contribution in [0.5, 0.6) is 0 Å². The van der Waals surface area contributed by atoms with E-state index in [1.54, 1.807) is 0 Å². The molecule has 1 amide bonds. The SMILES string of the molecule is Cc1c(Cl)cccc1NC(=O)C(C)n1ccc2cc(Br)ccc21. The third kappa shape index (κ3) is 3.14. The Morgan fingerprint density at radius 3 is 2.83 bits per heavy atom. The number of benzene rings is 2. The van der Waals surface area contributed by atoms with Crippen LogP contribution in [0.1, 0.15) is 18.5 Å². The number of amides is 1. The maximum absolute atomic E-state index is 12.6. The molecule has 1 atom stereocenters. The first-order valence-electron chi connectivity index (χ1n) is 7.29. The lowest BCUT2D eigenvalue weighted by atomic mass is 10.2. The Morgan fingerprint density at radius 1 is 1.26 bits per heavy atom. The van der Waals surface area contributed by atoms with Crippen LogP contribution in [-0.4, -0.2) is 10.5 Å². The van der Waals surface area contributed by atoms with Crippen molar-refractivity contribution in [2.45, 2.75) is 19.9 Å². The molecular formula is C18H16BrClN2O. The summed E-state index contributed by atoms with van der Waals surface area (Å²) in [6, 6.07) is 13.2.